The number of rotatable bonds is 32. The van der Waals surface area contributed by atoms with Crippen LogP contribution in [0.25, 0.3) is 0 Å². The molecule has 0 rings (SSSR count). The third kappa shape index (κ3) is 32.7. The van der Waals surface area contributed by atoms with Gasteiger partial charge in [0.25, 0.3) is 0 Å². The first-order chi connectivity index (χ1) is 18.7. The van der Waals surface area contributed by atoms with E-state index in [4.69, 9.17) is 38.3 Å². The van der Waals surface area contributed by atoms with E-state index < -0.39 is 5.97 Å². The average molecular weight is 551 g/mol. The van der Waals surface area contributed by atoms with Crippen molar-refractivity contribution < 1.29 is 47.9 Å². The minimum atomic E-state index is -0.854. The topological polar surface area (TPSA) is 119 Å². The second kappa shape index (κ2) is 31.9. The van der Waals surface area contributed by atoms with Gasteiger partial charge in [0, 0.05) is 19.4 Å². The zero-order chi connectivity index (χ0) is 27.8. The molecule has 0 heterocycles. The summed E-state index contributed by atoms with van der Waals surface area (Å²) in [5.74, 6) is -1.19. The lowest BCUT2D eigenvalue weighted by molar-refractivity contribution is -0.146. The van der Waals surface area contributed by atoms with Gasteiger partial charge < -0.3 is 38.3 Å². The number of carboxylic acids is 1. The number of carbonyl (C=O) groups is 2. The third-order valence-electron chi connectivity index (χ3n) is 5.51. The van der Waals surface area contributed by atoms with Crippen molar-refractivity contribution in [1.29, 1.82) is 0 Å². The molecule has 1 N–H and O–H groups in total. The monoisotopic (exact) mass is 550 g/mol. The van der Waals surface area contributed by atoms with Gasteiger partial charge in [0.1, 0.15) is 6.61 Å². The zero-order valence-electron chi connectivity index (χ0n) is 23.8. The average Bonchev–Trinajstić information content (AvgIpc) is 2.90. The predicted octanol–water partition coefficient (Wildman–Crippen LogP) is 4.41. The van der Waals surface area contributed by atoms with E-state index in [0.717, 1.165) is 13.0 Å². The normalized spacial score (nSPS) is 11.2. The van der Waals surface area contributed by atoms with Gasteiger partial charge in [0.15, 0.2) is 0 Å². The predicted molar refractivity (Wildman–Crippen MR) is 145 cm³/mol. The molecule has 10 heteroatoms. The van der Waals surface area contributed by atoms with Crippen LogP contribution < -0.4 is 0 Å². The maximum atomic E-state index is 11.4. The standard InChI is InChI=1S/C28H54O10/c1-2-3-4-5-6-7-8-11-14-32-15-16-33-17-18-34-19-20-35-21-22-36-23-24-37-25-26-38-28(31)13-10-9-12-27(29)30/h2-26H2,1H3,(H,29,30). The van der Waals surface area contributed by atoms with Crippen molar-refractivity contribution in [3.8, 4) is 0 Å². The Balaban J connectivity index is 3.09. The Labute approximate surface area is 230 Å². The van der Waals surface area contributed by atoms with Crippen molar-refractivity contribution in [2.24, 2.45) is 0 Å². The summed E-state index contributed by atoms with van der Waals surface area (Å²) in [6, 6.07) is 0. The van der Waals surface area contributed by atoms with Crippen molar-refractivity contribution in [2.75, 3.05) is 85.9 Å². The molecule has 0 fully saturated rings. The van der Waals surface area contributed by atoms with E-state index in [9.17, 15) is 9.59 Å². The first-order valence-electron chi connectivity index (χ1n) is 14.5. The molecule has 0 aliphatic heterocycles. The van der Waals surface area contributed by atoms with Gasteiger partial charge in [-0.05, 0) is 19.3 Å². The molecule has 38 heavy (non-hydrogen) atoms. The van der Waals surface area contributed by atoms with E-state index >= 15 is 0 Å². The van der Waals surface area contributed by atoms with Crippen LogP contribution in [0.1, 0.15) is 84.0 Å². The fourth-order valence-electron chi connectivity index (χ4n) is 3.37. The first-order valence-corrected chi connectivity index (χ1v) is 14.5. The van der Waals surface area contributed by atoms with Gasteiger partial charge in [-0.2, -0.15) is 0 Å². The second-order valence-corrected chi connectivity index (χ2v) is 8.97. The van der Waals surface area contributed by atoms with Crippen LogP contribution in [0.2, 0.25) is 0 Å². The number of hydrogen-bond acceptors (Lipinski definition) is 9. The van der Waals surface area contributed by atoms with Crippen LogP contribution in [0.3, 0.4) is 0 Å². The van der Waals surface area contributed by atoms with Crippen molar-refractivity contribution in [3.05, 3.63) is 0 Å². The Hall–Kier alpha value is -1.30. The Bertz CT molecular complexity index is 504. The van der Waals surface area contributed by atoms with Crippen LogP contribution in [-0.2, 0) is 42.7 Å². The highest BCUT2D eigenvalue weighted by Crippen LogP contribution is 2.08. The molecule has 0 aromatic carbocycles. The lowest BCUT2D eigenvalue weighted by Gasteiger charge is -2.08. The minimum absolute atomic E-state index is 0.0701. The van der Waals surface area contributed by atoms with Gasteiger partial charge in [0.05, 0.1) is 72.7 Å². The molecule has 0 amide bonds. The van der Waals surface area contributed by atoms with Crippen molar-refractivity contribution in [3.63, 3.8) is 0 Å². The molecule has 0 spiro atoms. The van der Waals surface area contributed by atoms with Gasteiger partial charge in [-0.3, -0.25) is 9.59 Å². The molecule has 0 aliphatic carbocycles. The van der Waals surface area contributed by atoms with Gasteiger partial charge >= 0.3 is 11.9 Å². The van der Waals surface area contributed by atoms with Crippen LogP contribution >= 0.6 is 0 Å². The second-order valence-electron chi connectivity index (χ2n) is 8.97. The summed E-state index contributed by atoms with van der Waals surface area (Å²) in [6.07, 6.45) is 11.7. The van der Waals surface area contributed by atoms with E-state index in [-0.39, 0.29) is 25.4 Å². The van der Waals surface area contributed by atoms with Crippen LogP contribution in [-0.4, -0.2) is 103 Å². The molecular weight excluding hydrogens is 496 g/mol. The molecule has 0 aromatic heterocycles. The van der Waals surface area contributed by atoms with Gasteiger partial charge in [-0.25, -0.2) is 0 Å². The molecule has 0 atom stereocenters. The molecule has 0 unspecified atom stereocenters. The maximum Gasteiger partial charge on any atom is 0.305 e. The van der Waals surface area contributed by atoms with Crippen LogP contribution in [0.4, 0.5) is 0 Å². The Morgan fingerprint density at radius 1 is 0.447 bits per heavy atom. The lowest BCUT2D eigenvalue weighted by atomic mass is 10.1. The lowest BCUT2D eigenvalue weighted by Crippen LogP contribution is -2.15. The van der Waals surface area contributed by atoms with Crippen LogP contribution in [0.5, 0.6) is 0 Å². The maximum absolute atomic E-state index is 11.4. The fraction of sp³-hybridized carbons (Fsp3) is 0.929. The van der Waals surface area contributed by atoms with Crippen LogP contribution in [0.15, 0.2) is 0 Å². The Morgan fingerprint density at radius 2 is 0.816 bits per heavy atom. The molecule has 0 radical (unpaired) electrons. The summed E-state index contributed by atoms with van der Waals surface area (Å²) in [7, 11) is 0. The summed E-state index contributed by atoms with van der Waals surface area (Å²) < 4.78 is 37.7. The van der Waals surface area contributed by atoms with Gasteiger partial charge in [-0.15, -0.1) is 0 Å². The Kier molecular flexibility index (Phi) is 30.8. The van der Waals surface area contributed by atoms with E-state index in [1.807, 2.05) is 0 Å². The van der Waals surface area contributed by atoms with Gasteiger partial charge in [-0.1, -0.05) is 51.9 Å². The third-order valence-corrected chi connectivity index (χ3v) is 5.51. The summed E-state index contributed by atoms with van der Waals surface area (Å²) in [5.41, 5.74) is 0. The van der Waals surface area contributed by atoms with E-state index in [1.54, 1.807) is 0 Å². The largest absolute Gasteiger partial charge is 0.481 e. The molecular formula is C28H54O10. The number of carboxylic acid groups (broad SMARTS) is 1. The van der Waals surface area contributed by atoms with E-state index in [1.165, 1.54) is 44.9 Å². The minimum Gasteiger partial charge on any atom is -0.481 e. The SMILES string of the molecule is CCCCCCCCCCOCCOCCOCCOCCOCCOCCOC(=O)CCCCC(=O)O. The smallest absolute Gasteiger partial charge is 0.305 e. The van der Waals surface area contributed by atoms with Crippen molar-refractivity contribution in [2.45, 2.75) is 84.0 Å². The summed E-state index contributed by atoms with van der Waals surface area (Å²) in [6.45, 7) is 8.67. The quantitative estimate of drug-likeness (QED) is 0.0952. The number of esters is 1. The summed E-state index contributed by atoms with van der Waals surface area (Å²) in [5, 5.41) is 8.53. The molecule has 226 valence electrons. The summed E-state index contributed by atoms with van der Waals surface area (Å²) in [4.78, 5) is 21.8. The Morgan fingerprint density at radius 3 is 1.26 bits per heavy atom. The van der Waals surface area contributed by atoms with Crippen LogP contribution in [0, 0.1) is 0 Å². The first kappa shape index (κ1) is 36.7. The molecule has 0 saturated carbocycles. The summed E-state index contributed by atoms with van der Waals surface area (Å²) >= 11 is 0. The molecule has 0 aliphatic rings. The number of unbranched alkanes of at least 4 members (excludes halogenated alkanes) is 8. The van der Waals surface area contributed by atoms with E-state index in [2.05, 4.69) is 6.92 Å². The zero-order valence-corrected chi connectivity index (χ0v) is 23.8. The fourth-order valence-corrected chi connectivity index (χ4v) is 3.37. The highest BCUT2D eigenvalue weighted by atomic mass is 16.6. The highest BCUT2D eigenvalue weighted by molar-refractivity contribution is 5.69. The molecule has 10 nitrogen and oxygen atoms in total. The van der Waals surface area contributed by atoms with Crippen molar-refractivity contribution in [1.82, 2.24) is 0 Å². The number of hydrogen-bond donors (Lipinski definition) is 1. The van der Waals surface area contributed by atoms with Gasteiger partial charge in [0.2, 0.25) is 0 Å². The number of ether oxygens (including phenoxy) is 7. The molecule has 0 saturated heterocycles. The highest BCUT2D eigenvalue weighted by Gasteiger charge is 2.04. The number of carbonyl (C=O) groups excluding carboxylic acids is 1. The van der Waals surface area contributed by atoms with Crippen molar-refractivity contribution >= 4 is 11.9 Å². The number of aliphatic carboxylic acids is 1. The molecule has 0 bridgehead atoms. The van der Waals surface area contributed by atoms with E-state index in [0.29, 0.717) is 85.5 Å². The molecule has 0 aromatic rings.